The lowest BCUT2D eigenvalue weighted by Crippen LogP contribution is -1.93. The molecular formula is C21H24N2O. The number of nitrogens with zero attached hydrogens (tertiary/aromatic N) is 2. The Morgan fingerprint density at radius 1 is 0.917 bits per heavy atom. The van der Waals surface area contributed by atoms with Crippen molar-refractivity contribution < 1.29 is 4.42 Å². The molecule has 4 rings (SSSR count). The minimum Gasteiger partial charge on any atom is -0.464 e. The fourth-order valence-corrected chi connectivity index (χ4v) is 2.82. The predicted molar refractivity (Wildman–Crippen MR) is 99.6 cm³/mol. The van der Waals surface area contributed by atoms with Crippen LogP contribution in [0.5, 0.6) is 0 Å². The van der Waals surface area contributed by atoms with Crippen LogP contribution in [0.3, 0.4) is 0 Å². The van der Waals surface area contributed by atoms with E-state index in [1.54, 1.807) is 0 Å². The van der Waals surface area contributed by atoms with E-state index in [1.165, 1.54) is 16.6 Å². The quantitative estimate of drug-likeness (QED) is 0.452. The monoisotopic (exact) mass is 320 g/mol. The molecule has 0 unspecified atom stereocenters. The molecule has 0 saturated heterocycles. The molecule has 0 aliphatic carbocycles. The van der Waals surface area contributed by atoms with Gasteiger partial charge in [0.15, 0.2) is 0 Å². The average molecular weight is 320 g/mol. The van der Waals surface area contributed by atoms with E-state index in [1.807, 2.05) is 48.9 Å². The summed E-state index contributed by atoms with van der Waals surface area (Å²) in [6.45, 7) is 8.71. The molecular weight excluding hydrogens is 296 g/mol. The van der Waals surface area contributed by atoms with Gasteiger partial charge in [0.1, 0.15) is 11.2 Å². The van der Waals surface area contributed by atoms with Crippen molar-refractivity contribution in [2.45, 2.75) is 39.5 Å². The number of fused-ring (bicyclic) bond motifs is 2. The Hall–Kier alpha value is -2.55. The van der Waals surface area contributed by atoms with Gasteiger partial charge in [-0.25, -0.2) is 4.98 Å². The first-order valence-electron chi connectivity index (χ1n) is 8.46. The smallest absolute Gasteiger partial charge is 0.136 e. The topological polar surface area (TPSA) is 30.4 Å². The van der Waals surface area contributed by atoms with Crippen LogP contribution in [0, 0.1) is 0 Å². The number of hydrogen-bond donors (Lipinski definition) is 0. The second-order valence-electron chi connectivity index (χ2n) is 6.61. The molecule has 0 fully saturated rings. The zero-order chi connectivity index (χ0) is 17.1. The van der Waals surface area contributed by atoms with Gasteiger partial charge in [-0.15, -0.1) is 0 Å². The van der Waals surface area contributed by atoms with Crippen LogP contribution in [0.15, 0.2) is 65.5 Å². The summed E-state index contributed by atoms with van der Waals surface area (Å²) in [6.07, 6.45) is 5.85. The fourth-order valence-electron chi connectivity index (χ4n) is 2.82. The van der Waals surface area contributed by atoms with E-state index in [-0.39, 0.29) is 0 Å². The second kappa shape index (κ2) is 6.91. The summed E-state index contributed by atoms with van der Waals surface area (Å²) < 4.78 is 7.54. The maximum atomic E-state index is 5.41. The third kappa shape index (κ3) is 3.21. The van der Waals surface area contributed by atoms with E-state index in [0.29, 0.717) is 11.8 Å². The molecule has 1 aromatic carbocycles. The largest absolute Gasteiger partial charge is 0.464 e. The molecule has 0 saturated carbocycles. The van der Waals surface area contributed by atoms with Crippen molar-refractivity contribution in [2.75, 3.05) is 0 Å². The van der Waals surface area contributed by atoms with Crippen LogP contribution >= 0.6 is 0 Å². The summed E-state index contributed by atoms with van der Waals surface area (Å²) in [4.78, 5) is 4.30. The number of para-hydroxylation sites is 1. The van der Waals surface area contributed by atoms with E-state index in [0.717, 1.165) is 11.2 Å². The van der Waals surface area contributed by atoms with Crippen molar-refractivity contribution in [1.29, 1.82) is 0 Å². The van der Waals surface area contributed by atoms with Crippen molar-refractivity contribution >= 4 is 16.6 Å². The third-order valence-electron chi connectivity index (χ3n) is 4.17. The van der Waals surface area contributed by atoms with Crippen molar-refractivity contribution in [3.8, 4) is 0 Å². The molecule has 0 radical (unpaired) electrons. The number of imidazole rings is 1. The minimum atomic E-state index is 0.530. The number of pyridine rings is 1. The molecule has 0 spiro atoms. The molecule has 24 heavy (non-hydrogen) atoms. The molecule has 0 atom stereocenters. The summed E-state index contributed by atoms with van der Waals surface area (Å²) in [6, 6.07) is 14.2. The Morgan fingerprint density at radius 2 is 1.67 bits per heavy atom. The highest BCUT2D eigenvalue weighted by Gasteiger charge is 2.07. The molecule has 124 valence electrons. The van der Waals surface area contributed by atoms with Crippen LogP contribution in [-0.4, -0.2) is 9.38 Å². The third-order valence-corrected chi connectivity index (χ3v) is 4.17. The van der Waals surface area contributed by atoms with Crippen LogP contribution in [0.4, 0.5) is 0 Å². The fraction of sp³-hybridized carbons (Fsp3) is 0.286. The summed E-state index contributed by atoms with van der Waals surface area (Å²) >= 11 is 0. The van der Waals surface area contributed by atoms with Gasteiger partial charge in [0.2, 0.25) is 0 Å². The van der Waals surface area contributed by atoms with E-state index < -0.39 is 0 Å². The van der Waals surface area contributed by atoms with Crippen LogP contribution in [-0.2, 0) is 0 Å². The first-order valence-corrected chi connectivity index (χ1v) is 8.46. The van der Waals surface area contributed by atoms with Crippen LogP contribution < -0.4 is 0 Å². The Morgan fingerprint density at radius 3 is 2.42 bits per heavy atom. The predicted octanol–water partition coefficient (Wildman–Crippen LogP) is 6.01. The van der Waals surface area contributed by atoms with Crippen molar-refractivity contribution in [1.82, 2.24) is 9.38 Å². The van der Waals surface area contributed by atoms with Gasteiger partial charge in [0.25, 0.3) is 0 Å². The zero-order valence-electron chi connectivity index (χ0n) is 14.7. The van der Waals surface area contributed by atoms with Crippen LogP contribution in [0.1, 0.15) is 50.8 Å². The lowest BCUT2D eigenvalue weighted by atomic mass is 10.0. The summed E-state index contributed by atoms with van der Waals surface area (Å²) in [7, 11) is 0. The van der Waals surface area contributed by atoms with Gasteiger partial charge in [-0.3, -0.25) is 0 Å². The maximum absolute atomic E-state index is 5.41. The normalized spacial score (nSPS) is 11.2. The van der Waals surface area contributed by atoms with Gasteiger partial charge in [-0.1, -0.05) is 52.0 Å². The highest BCUT2D eigenvalue weighted by Crippen LogP contribution is 2.26. The molecule has 4 aromatic rings. The number of rotatable bonds is 2. The first-order chi connectivity index (χ1) is 11.6. The van der Waals surface area contributed by atoms with Gasteiger partial charge in [0, 0.05) is 29.0 Å². The zero-order valence-corrected chi connectivity index (χ0v) is 14.7. The molecule has 0 aliphatic rings. The minimum absolute atomic E-state index is 0.530. The Kier molecular flexibility index (Phi) is 4.70. The number of hydrogen-bond acceptors (Lipinski definition) is 2. The van der Waals surface area contributed by atoms with Crippen LogP contribution in [0.25, 0.3) is 16.6 Å². The molecule has 0 amide bonds. The lowest BCUT2D eigenvalue weighted by Gasteiger charge is -2.03. The average Bonchev–Trinajstić information content (AvgIpc) is 3.19. The highest BCUT2D eigenvalue weighted by atomic mass is 16.3. The second-order valence-corrected chi connectivity index (χ2v) is 6.61. The Bertz CT molecular complexity index is 853. The molecule has 0 aliphatic heterocycles. The molecule has 3 heterocycles. The van der Waals surface area contributed by atoms with Gasteiger partial charge >= 0.3 is 0 Å². The molecule has 3 heteroatoms. The number of benzene rings is 1. The van der Waals surface area contributed by atoms with Crippen molar-refractivity contribution in [2.24, 2.45) is 0 Å². The maximum Gasteiger partial charge on any atom is 0.136 e. The van der Waals surface area contributed by atoms with E-state index in [2.05, 4.69) is 49.3 Å². The van der Waals surface area contributed by atoms with E-state index in [9.17, 15) is 0 Å². The Balaban J connectivity index is 0.000000141. The molecule has 0 bridgehead atoms. The Labute approximate surface area is 142 Å². The summed E-state index contributed by atoms with van der Waals surface area (Å²) in [5.41, 5.74) is 4.58. The van der Waals surface area contributed by atoms with Gasteiger partial charge < -0.3 is 8.82 Å². The molecule has 0 N–H and O–H groups in total. The van der Waals surface area contributed by atoms with Gasteiger partial charge in [-0.05, 0) is 30.0 Å². The summed E-state index contributed by atoms with van der Waals surface area (Å²) in [5.74, 6) is 1.07. The van der Waals surface area contributed by atoms with E-state index >= 15 is 0 Å². The van der Waals surface area contributed by atoms with Gasteiger partial charge in [-0.2, -0.15) is 0 Å². The number of furan rings is 1. The van der Waals surface area contributed by atoms with Crippen LogP contribution in [0.2, 0.25) is 0 Å². The van der Waals surface area contributed by atoms with Crippen molar-refractivity contribution in [3.63, 3.8) is 0 Å². The SMILES string of the molecule is CC(C)c1cnc2ccccn12.CC(C)c1coc2ccccc12. The number of aromatic nitrogens is 2. The molecule has 3 nitrogen and oxygen atoms in total. The first kappa shape index (κ1) is 16.3. The molecule has 3 aromatic heterocycles. The lowest BCUT2D eigenvalue weighted by molar-refractivity contribution is 0.606. The standard InChI is InChI=1S/C11H12O.C10H12N2/c1-8(2)10-7-12-11-6-4-3-5-9(10)11;1-8(2)9-7-11-10-5-3-4-6-12(9)10/h2*3-8H,1-2H3. The van der Waals surface area contributed by atoms with Crippen molar-refractivity contribution in [3.05, 3.63) is 72.4 Å². The highest BCUT2D eigenvalue weighted by molar-refractivity contribution is 5.81. The summed E-state index contributed by atoms with van der Waals surface area (Å²) in [5, 5.41) is 1.24. The van der Waals surface area contributed by atoms with E-state index in [4.69, 9.17) is 4.42 Å². The van der Waals surface area contributed by atoms with Gasteiger partial charge in [0.05, 0.1) is 6.26 Å².